The van der Waals surface area contributed by atoms with Crippen molar-refractivity contribution < 1.29 is 9.90 Å². The van der Waals surface area contributed by atoms with E-state index in [1.807, 2.05) is 0 Å². The molecule has 0 saturated carbocycles. The quantitative estimate of drug-likeness (QED) is 0.804. The zero-order chi connectivity index (χ0) is 15.3. The molecule has 0 radical (unpaired) electrons. The molecule has 6 nitrogen and oxygen atoms in total. The van der Waals surface area contributed by atoms with E-state index in [1.165, 1.54) is 19.2 Å². The fraction of sp³-hybridized carbons (Fsp3) is 0.643. The number of hydrogen-bond acceptors (Lipinski definition) is 4. The van der Waals surface area contributed by atoms with Gasteiger partial charge in [0.15, 0.2) is 0 Å². The Labute approximate surface area is 118 Å². The normalized spacial score (nSPS) is 14.1. The molecule has 1 amide bonds. The van der Waals surface area contributed by atoms with E-state index in [9.17, 15) is 14.7 Å². The van der Waals surface area contributed by atoms with E-state index in [4.69, 9.17) is 0 Å². The summed E-state index contributed by atoms with van der Waals surface area (Å²) in [7, 11) is 1.48. The zero-order valence-corrected chi connectivity index (χ0v) is 12.5. The molecule has 0 aliphatic rings. The van der Waals surface area contributed by atoms with Gasteiger partial charge in [-0.1, -0.05) is 13.8 Å². The maximum absolute atomic E-state index is 11.9. The third kappa shape index (κ3) is 5.13. The van der Waals surface area contributed by atoms with E-state index in [0.717, 1.165) is 11.1 Å². The standard InChI is InChI=1S/C14H23N3O3/c1-10(2)7-8-14(3,20)9-15-13(19)11-5-6-12(18)17(4)16-11/h5-6,10,20H,7-9H2,1-4H3,(H,15,19). The molecule has 1 unspecified atom stereocenters. The Morgan fingerprint density at radius 1 is 1.50 bits per heavy atom. The summed E-state index contributed by atoms with van der Waals surface area (Å²) in [5, 5.41) is 16.7. The lowest BCUT2D eigenvalue weighted by Gasteiger charge is -2.24. The molecule has 20 heavy (non-hydrogen) atoms. The van der Waals surface area contributed by atoms with Gasteiger partial charge in [0.05, 0.1) is 5.60 Å². The van der Waals surface area contributed by atoms with Gasteiger partial charge in [0.25, 0.3) is 11.5 Å². The number of nitrogens with zero attached hydrogens (tertiary/aromatic N) is 2. The highest BCUT2D eigenvalue weighted by molar-refractivity contribution is 5.92. The summed E-state index contributed by atoms with van der Waals surface area (Å²) in [6.45, 7) is 6.03. The molecule has 1 rings (SSSR count). The predicted molar refractivity (Wildman–Crippen MR) is 76.5 cm³/mol. The molecular formula is C14H23N3O3. The van der Waals surface area contributed by atoms with Crippen LogP contribution in [0.3, 0.4) is 0 Å². The van der Waals surface area contributed by atoms with Gasteiger partial charge in [-0.25, -0.2) is 4.68 Å². The molecule has 0 aromatic carbocycles. The number of amides is 1. The number of nitrogens with one attached hydrogen (secondary N) is 1. The number of aromatic nitrogens is 2. The van der Waals surface area contributed by atoms with E-state index >= 15 is 0 Å². The monoisotopic (exact) mass is 281 g/mol. The van der Waals surface area contributed by atoms with E-state index < -0.39 is 11.5 Å². The number of rotatable bonds is 6. The molecule has 0 fully saturated rings. The van der Waals surface area contributed by atoms with Crippen LogP contribution in [0.1, 0.15) is 44.1 Å². The van der Waals surface area contributed by atoms with Crippen molar-refractivity contribution >= 4 is 5.91 Å². The van der Waals surface area contributed by atoms with Crippen LogP contribution in [-0.4, -0.2) is 32.9 Å². The molecule has 2 N–H and O–H groups in total. The van der Waals surface area contributed by atoms with Crippen LogP contribution in [0.25, 0.3) is 0 Å². The van der Waals surface area contributed by atoms with E-state index in [1.54, 1.807) is 6.92 Å². The van der Waals surface area contributed by atoms with Crippen LogP contribution < -0.4 is 10.9 Å². The summed E-state index contributed by atoms with van der Waals surface area (Å²) in [5.74, 6) is 0.105. The number of aliphatic hydroxyl groups is 1. The lowest BCUT2D eigenvalue weighted by atomic mass is 9.95. The third-order valence-corrected chi connectivity index (χ3v) is 3.08. The highest BCUT2D eigenvalue weighted by Gasteiger charge is 2.22. The molecule has 1 aromatic heterocycles. The third-order valence-electron chi connectivity index (χ3n) is 3.08. The van der Waals surface area contributed by atoms with Crippen molar-refractivity contribution in [2.45, 2.75) is 39.2 Å². The van der Waals surface area contributed by atoms with Gasteiger partial charge in [-0.15, -0.1) is 0 Å². The average Bonchev–Trinajstić information content (AvgIpc) is 2.37. The SMILES string of the molecule is CC(C)CCC(C)(O)CNC(=O)c1ccc(=O)n(C)n1. The molecule has 1 atom stereocenters. The first-order chi connectivity index (χ1) is 9.21. The predicted octanol–water partition coefficient (Wildman–Crippen LogP) is 0.697. The summed E-state index contributed by atoms with van der Waals surface area (Å²) in [4.78, 5) is 23.1. The fourth-order valence-electron chi connectivity index (χ4n) is 1.67. The smallest absolute Gasteiger partial charge is 0.271 e. The lowest BCUT2D eigenvalue weighted by molar-refractivity contribution is 0.0428. The Morgan fingerprint density at radius 2 is 2.15 bits per heavy atom. The molecule has 1 heterocycles. The number of carbonyl (C=O) groups is 1. The second-order valence-corrected chi connectivity index (χ2v) is 5.79. The molecule has 0 spiro atoms. The summed E-state index contributed by atoms with van der Waals surface area (Å²) >= 11 is 0. The van der Waals surface area contributed by atoms with Gasteiger partial charge in [-0.05, 0) is 31.7 Å². The van der Waals surface area contributed by atoms with Crippen molar-refractivity contribution in [1.82, 2.24) is 15.1 Å². The van der Waals surface area contributed by atoms with E-state index in [2.05, 4.69) is 24.3 Å². The molecule has 6 heteroatoms. The Kier molecular flexibility index (Phi) is 5.44. The van der Waals surface area contributed by atoms with Crippen molar-refractivity contribution in [1.29, 1.82) is 0 Å². The van der Waals surface area contributed by atoms with Crippen LogP contribution in [0.4, 0.5) is 0 Å². The van der Waals surface area contributed by atoms with Crippen LogP contribution >= 0.6 is 0 Å². The van der Waals surface area contributed by atoms with Crippen molar-refractivity contribution in [2.75, 3.05) is 6.54 Å². The van der Waals surface area contributed by atoms with Crippen molar-refractivity contribution in [3.63, 3.8) is 0 Å². The van der Waals surface area contributed by atoms with Crippen molar-refractivity contribution in [3.8, 4) is 0 Å². The molecule has 112 valence electrons. The Hall–Kier alpha value is -1.69. The van der Waals surface area contributed by atoms with Gasteiger partial charge >= 0.3 is 0 Å². The second-order valence-electron chi connectivity index (χ2n) is 5.79. The fourth-order valence-corrected chi connectivity index (χ4v) is 1.67. The highest BCUT2D eigenvalue weighted by atomic mass is 16.3. The molecule has 0 saturated heterocycles. The minimum absolute atomic E-state index is 0.156. The Balaban J connectivity index is 2.58. The first-order valence-electron chi connectivity index (χ1n) is 6.76. The van der Waals surface area contributed by atoms with Crippen LogP contribution in [-0.2, 0) is 7.05 Å². The summed E-state index contributed by atoms with van der Waals surface area (Å²) in [6.07, 6.45) is 1.51. The maximum atomic E-state index is 11.9. The summed E-state index contributed by atoms with van der Waals surface area (Å²) < 4.78 is 1.10. The minimum atomic E-state index is -0.944. The van der Waals surface area contributed by atoms with Gasteiger partial charge in [0.2, 0.25) is 0 Å². The summed E-state index contributed by atoms with van der Waals surface area (Å²) in [6, 6.07) is 2.67. The van der Waals surface area contributed by atoms with Crippen molar-refractivity contribution in [2.24, 2.45) is 13.0 Å². The number of hydrogen-bond donors (Lipinski definition) is 2. The molecule has 0 bridgehead atoms. The Bertz CT molecular complexity index is 521. The second kappa shape index (κ2) is 6.65. The molecule has 0 aliphatic carbocycles. The van der Waals surface area contributed by atoms with Crippen LogP contribution in [0, 0.1) is 5.92 Å². The maximum Gasteiger partial charge on any atom is 0.271 e. The van der Waals surface area contributed by atoms with E-state index in [-0.39, 0.29) is 17.8 Å². The molecular weight excluding hydrogens is 258 g/mol. The zero-order valence-electron chi connectivity index (χ0n) is 12.5. The van der Waals surface area contributed by atoms with Gasteiger partial charge in [0, 0.05) is 19.7 Å². The number of aryl methyl sites for hydroxylation is 1. The highest BCUT2D eigenvalue weighted by Crippen LogP contribution is 2.15. The molecule has 0 aliphatic heterocycles. The Morgan fingerprint density at radius 3 is 2.70 bits per heavy atom. The first-order valence-corrected chi connectivity index (χ1v) is 6.76. The first kappa shape index (κ1) is 16.4. The van der Waals surface area contributed by atoms with Gasteiger partial charge in [-0.2, -0.15) is 5.10 Å². The van der Waals surface area contributed by atoms with Gasteiger partial charge < -0.3 is 10.4 Å². The van der Waals surface area contributed by atoms with Gasteiger partial charge in [-0.3, -0.25) is 9.59 Å². The molecule has 1 aromatic rings. The van der Waals surface area contributed by atoms with Crippen molar-refractivity contribution in [3.05, 3.63) is 28.2 Å². The van der Waals surface area contributed by atoms with E-state index in [0.29, 0.717) is 12.3 Å². The van der Waals surface area contributed by atoms with Crippen LogP contribution in [0.15, 0.2) is 16.9 Å². The average molecular weight is 281 g/mol. The number of carbonyl (C=O) groups excluding carboxylic acids is 1. The summed E-state index contributed by atoms with van der Waals surface area (Å²) in [5.41, 5.74) is -1.06. The topological polar surface area (TPSA) is 84.2 Å². The van der Waals surface area contributed by atoms with Gasteiger partial charge in [0.1, 0.15) is 5.69 Å². The lowest BCUT2D eigenvalue weighted by Crippen LogP contribution is -2.41. The minimum Gasteiger partial charge on any atom is -0.388 e. The van der Waals surface area contributed by atoms with Crippen LogP contribution in [0.5, 0.6) is 0 Å². The largest absolute Gasteiger partial charge is 0.388 e. The van der Waals surface area contributed by atoms with Crippen LogP contribution in [0.2, 0.25) is 0 Å².